The highest BCUT2D eigenvalue weighted by atomic mass is 16.4. The molecule has 0 aromatic carbocycles. The van der Waals surface area contributed by atoms with Crippen LogP contribution in [0, 0.1) is 0 Å². The van der Waals surface area contributed by atoms with Crippen LogP contribution in [0.3, 0.4) is 0 Å². The number of nitrogens with zero attached hydrogens (tertiary/aromatic N) is 5. The number of aliphatic hydroxyl groups is 1. The van der Waals surface area contributed by atoms with Gasteiger partial charge in [-0.05, 0) is 25.0 Å². The van der Waals surface area contributed by atoms with Gasteiger partial charge in [-0.1, -0.05) is 0 Å². The van der Waals surface area contributed by atoms with Gasteiger partial charge >= 0.3 is 5.97 Å². The van der Waals surface area contributed by atoms with Gasteiger partial charge in [0.1, 0.15) is 11.6 Å². The maximum absolute atomic E-state index is 11.5. The Labute approximate surface area is 153 Å². The fourth-order valence-corrected chi connectivity index (χ4v) is 3.53. The van der Waals surface area contributed by atoms with Crippen LogP contribution >= 0.6 is 0 Å². The maximum Gasteiger partial charge on any atom is 0.326 e. The molecular weight excluding hydrogens is 350 g/mol. The molecule has 0 spiro atoms. The fraction of sp³-hybridized carbons (Fsp3) is 0.412. The van der Waals surface area contributed by atoms with E-state index in [2.05, 4.69) is 25.6 Å². The number of fused-ring (bicyclic) bond motifs is 1. The standard InChI is InChI=1S/C17H19N7O3/c25-10-6-13(16(26)27)23(8-10)17-19-15(12-2-1-5-24(12)22-17)18-14-7-11(20-21-14)9-3-4-9/h1-2,5,7,9-10,13,25H,3-4,6,8H2,(H,26,27)(H2,18,19,20,21,22)/t10-,13-/m0/s1. The van der Waals surface area contributed by atoms with Crippen LogP contribution in [0.25, 0.3) is 5.52 Å². The molecular formula is C17H19N7O3. The van der Waals surface area contributed by atoms with Crippen LogP contribution in [-0.2, 0) is 4.79 Å². The first kappa shape index (κ1) is 16.1. The first-order chi connectivity index (χ1) is 13.1. The number of rotatable bonds is 5. The minimum Gasteiger partial charge on any atom is -0.480 e. The largest absolute Gasteiger partial charge is 0.480 e. The first-order valence-corrected chi connectivity index (χ1v) is 8.94. The monoisotopic (exact) mass is 369 g/mol. The molecule has 4 heterocycles. The number of carbonyl (C=O) groups is 1. The van der Waals surface area contributed by atoms with Crippen molar-refractivity contribution in [3.8, 4) is 0 Å². The summed E-state index contributed by atoms with van der Waals surface area (Å²) in [5.41, 5.74) is 1.85. The lowest BCUT2D eigenvalue weighted by Gasteiger charge is -2.21. The number of carboxylic acid groups (broad SMARTS) is 1. The summed E-state index contributed by atoms with van der Waals surface area (Å²) < 4.78 is 1.64. The topological polar surface area (TPSA) is 132 Å². The van der Waals surface area contributed by atoms with Crippen LogP contribution in [0.1, 0.15) is 30.9 Å². The van der Waals surface area contributed by atoms with Crippen LogP contribution in [0.2, 0.25) is 0 Å². The van der Waals surface area contributed by atoms with Crippen molar-refractivity contribution >= 4 is 29.1 Å². The summed E-state index contributed by atoms with van der Waals surface area (Å²) in [6, 6.07) is 4.83. The minimum atomic E-state index is -1.00. The molecule has 10 heteroatoms. The summed E-state index contributed by atoms with van der Waals surface area (Å²) >= 11 is 0. The minimum absolute atomic E-state index is 0.148. The van der Waals surface area contributed by atoms with Crippen molar-refractivity contribution in [3.63, 3.8) is 0 Å². The van der Waals surface area contributed by atoms with Crippen molar-refractivity contribution in [1.29, 1.82) is 0 Å². The average molecular weight is 369 g/mol. The van der Waals surface area contributed by atoms with E-state index in [4.69, 9.17) is 0 Å². The molecule has 2 atom stereocenters. The predicted molar refractivity (Wildman–Crippen MR) is 96.2 cm³/mol. The summed E-state index contributed by atoms with van der Waals surface area (Å²) in [7, 11) is 0. The number of hydrogen-bond donors (Lipinski definition) is 4. The van der Waals surface area contributed by atoms with E-state index >= 15 is 0 Å². The Hall–Kier alpha value is -3.14. The van der Waals surface area contributed by atoms with E-state index in [0.717, 1.165) is 11.2 Å². The van der Waals surface area contributed by atoms with Gasteiger partial charge in [0.15, 0.2) is 11.6 Å². The number of nitrogens with one attached hydrogen (secondary N) is 2. The molecule has 4 N–H and O–H groups in total. The Kier molecular flexibility index (Phi) is 3.54. The second kappa shape index (κ2) is 5.95. The third-order valence-corrected chi connectivity index (χ3v) is 5.06. The third kappa shape index (κ3) is 2.87. The first-order valence-electron chi connectivity index (χ1n) is 8.94. The van der Waals surface area contributed by atoms with Gasteiger partial charge in [0.05, 0.1) is 6.10 Å². The summed E-state index contributed by atoms with van der Waals surface area (Å²) in [5, 5.41) is 34.3. The molecule has 3 aromatic rings. The van der Waals surface area contributed by atoms with Crippen molar-refractivity contribution in [2.24, 2.45) is 0 Å². The van der Waals surface area contributed by atoms with E-state index in [1.54, 1.807) is 10.7 Å². The zero-order valence-corrected chi connectivity index (χ0v) is 14.4. The highest BCUT2D eigenvalue weighted by molar-refractivity contribution is 5.79. The Morgan fingerprint density at radius 1 is 1.37 bits per heavy atom. The molecule has 10 nitrogen and oxygen atoms in total. The lowest BCUT2D eigenvalue weighted by Crippen LogP contribution is -2.37. The molecule has 1 saturated heterocycles. The molecule has 0 unspecified atom stereocenters. The molecule has 2 fully saturated rings. The van der Waals surface area contributed by atoms with Crippen molar-refractivity contribution < 1.29 is 15.0 Å². The van der Waals surface area contributed by atoms with Crippen LogP contribution < -0.4 is 10.2 Å². The van der Waals surface area contributed by atoms with Gasteiger partial charge in [0, 0.05) is 36.8 Å². The van der Waals surface area contributed by atoms with Crippen LogP contribution in [0.4, 0.5) is 17.6 Å². The molecule has 1 aliphatic carbocycles. The second-order valence-electron chi connectivity index (χ2n) is 7.10. The zero-order chi connectivity index (χ0) is 18.5. The maximum atomic E-state index is 11.5. The number of carboxylic acids is 1. The van der Waals surface area contributed by atoms with Crippen LogP contribution in [0.15, 0.2) is 24.4 Å². The predicted octanol–water partition coefficient (Wildman–Crippen LogP) is 1.10. The Balaban J connectivity index is 1.51. The van der Waals surface area contributed by atoms with Crippen LogP contribution in [-0.4, -0.2) is 59.7 Å². The van der Waals surface area contributed by atoms with Crippen molar-refractivity contribution in [3.05, 3.63) is 30.1 Å². The Morgan fingerprint density at radius 3 is 3.00 bits per heavy atom. The van der Waals surface area contributed by atoms with E-state index in [1.165, 1.54) is 17.7 Å². The molecule has 1 saturated carbocycles. The molecule has 140 valence electrons. The van der Waals surface area contributed by atoms with E-state index < -0.39 is 18.1 Å². The third-order valence-electron chi connectivity index (χ3n) is 5.06. The quantitative estimate of drug-likeness (QED) is 0.526. The smallest absolute Gasteiger partial charge is 0.326 e. The summed E-state index contributed by atoms with van der Waals surface area (Å²) in [5.74, 6) is 0.997. The second-order valence-corrected chi connectivity index (χ2v) is 7.10. The number of aliphatic carboxylic acids is 1. The van der Waals surface area contributed by atoms with E-state index in [0.29, 0.717) is 17.6 Å². The SMILES string of the molecule is O=C(O)[C@@H]1C[C@H](O)CN1c1nc(Nc2cc(C3CC3)[nH]n2)c2cccn2n1. The van der Waals surface area contributed by atoms with E-state index in [1.807, 2.05) is 18.2 Å². The Bertz CT molecular complexity index is 1010. The van der Waals surface area contributed by atoms with Gasteiger partial charge in [-0.15, -0.1) is 5.10 Å². The molecule has 2 aliphatic rings. The van der Waals surface area contributed by atoms with Crippen LogP contribution in [0.5, 0.6) is 0 Å². The molecule has 0 radical (unpaired) electrons. The van der Waals surface area contributed by atoms with Gasteiger partial charge in [-0.25, -0.2) is 9.31 Å². The van der Waals surface area contributed by atoms with E-state index in [9.17, 15) is 15.0 Å². The fourth-order valence-electron chi connectivity index (χ4n) is 3.53. The number of H-pyrrole nitrogens is 1. The number of anilines is 3. The molecule has 3 aromatic heterocycles. The summed E-state index contributed by atoms with van der Waals surface area (Å²) in [6.07, 6.45) is 3.55. The van der Waals surface area contributed by atoms with Crippen molar-refractivity contribution in [2.45, 2.75) is 37.3 Å². The molecule has 0 bridgehead atoms. The molecule has 5 rings (SSSR count). The number of aliphatic hydroxyl groups excluding tert-OH is 1. The lowest BCUT2D eigenvalue weighted by molar-refractivity contribution is -0.138. The Morgan fingerprint density at radius 2 is 2.22 bits per heavy atom. The number of β-amino-alcohol motifs (C(OH)–C–C–N with tert-alkyl or cyclic N) is 1. The van der Waals surface area contributed by atoms with Gasteiger partial charge in [0.25, 0.3) is 0 Å². The van der Waals surface area contributed by atoms with Crippen molar-refractivity contribution in [2.75, 3.05) is 16.8 Å². The van der Waals surface area contributed by atoms with Crippen molar-refractivity contribution in [1.82, 2.24) is 24.8 Å². The van der Waals surface area contributed by atoms with Gasteiger partial charge in [0.2, 0.25) is 5.95 Å². The highest BCUT2D eigenvalue weighted by Gasteiger charge is 2.38. The summed E-state index contributed by atoms with van der Waals surface area (Å²) in [4.78, 5) is 17.6. The van der Waals surface area contributed by atoms with E-state index in [-0.39, 0.29) is 18.9 Å². The lowest BCUT2D eigenvalue weighted by atomic mass is 10.2. The summed E-state index contributed by atoms with van der Waals surface area (Å²) in [6.45, 7) is 0.178. The molecule has 1 aliphatic heterocycles. The number of hydrogen-bond acceptors (Lipinski definition) is 7. The molecule has 0 amide bonds. The number of aromatic amines is 1. The number of aromatic nitrogens is 5. The van der Waals surface area contributed by atoms with Gasteiger partial charge in [-0.3, -0.25) is 5.10 Å². The van der Waals surface area contributed by atoms with Gasteiger partial charge in [-0.2, -0.15) is 10.1 Å². The normalized spacial score (nSPS) is 22.5. The molecule has 27 heavy (non-hydrogen) atoms. The average Bonchev–Trinajstić information content (AvgIpc) is 3.05. The van der Waals surface area contributed by atoms with Gasteiger partial charge < -0.3 is 20.4 Å². The zero-order valence-electron chi connectivity index (χ0n) is 14.4. The highest BCUT2D eigenvalue weighted by Crippen LogP contribution is 2.39.